The van der Waals surface area contributed by atoms with Gasteiger partial charge in [-0.05, 0) is 68.5 Å². The first kappa shape index (κ1) is 27.2. The first-order valence-corrected chi connectivity index (χ1v) is 13.7. The maximum Gasteiger partial charge on any atom is 0.303 e. The highest BCUT2D eigenvalue weighted by molar-refractivity contribution is 6.06. The summed E-state index contributed by atoms with van der Waals surface area (Å²) in [5.41, 5.74) is 5.67. The Hall–Kier alpha value is -4.39. The fraction of sp³-hybridized carbons (Fsp3) is 0.303. The van der Waals surface area contributed by atoms with Crippen molar-refractivity contribution >= 4 is 29.0 Å². The molecule has 206 valence electrons. The van der Waals surface area contributed by atoms with E-state index in [4.69, 9.17) is 4.74 Å². The fourth-order valence-corrected chi connectivity index (χ4v) is 5.59. The van der Waals surface area contributed by atoms with Gasteiger partial charge in [0.1, 0.15) is 5.75 Å². The van der Waals surface area contributed by atoms with Crippen LogP contribution in [0.1, 0.15) is 68.2 Å². The quantitative estimate of drug-likeness (QED) is 0.354. The summed E-state index contributed by atoms with van der Waals surface area (Å²) >= 11 is 0. The SMILES string of the molecule is Cc1ccc([C@@H]2CC(=O)C3=C(C2)Nc2ccccc2N(C(=O)CCC(=O)O)[C@@H]3c2ccc(OC(C)C)cc2)cc1. The number of anilines is 2. The second-order valence-corrected chi connectivity index (χ2v) is 10.8. The van der Waals surface area contributed by atoms with Gasteiger partial charge in [0.05, 0.1) is 29.9 Å². The number of para-hydroxylation sites is 2. The minimum absolute atomic E-state index is 0.00171. The van der Waals surface area contributed by atoms with Crippen LogP contribution in [0.5, 0.6) is 5.75 Å². The van der Waals surface area contributed by atoms with Crippen molar-refractivity contribution in [2.75, 3.05) is 10.2 Å². The molecule has 1 aliphatic carbocycles. The van der Waals surface area contributed by atoms with Crippen molar-refractivity contribution in [1.29, 1.82) is 0 Å². The Kier molecular flexibility index (Phi) is 7.74. The van der Waals surface area contributed by atoms with E-state index in [0.717, 1.165) is 22.4 Å². The molecule has 5 rings (SSSR count). The van der Waals surface area contributed by atoms with Crippen molar-refractivity contribution in [3.05, 3.63) is 101 Å². The molecule has 1 heterocycles. The summed E-state index contributed by atoms with van der Waals surface area (Å²) in [6, 6.07) is 22.5. The van der Waals surface area contributed by atoms with E-state index in [-0.39, 0.29) is 36.6 Å². The Morgan fingerprint density at radius 3 is 2.30 bits per heavy atom. The molecule has 3 aromatic rings. The summed E-state index contributed by atoms with van der Waals surface area (Å²) in [5.74, 6) is -0.737. The van der Waals surface area contributed by atoms with Crippen LogP contribution in [0.25, 0.3) is 0 Å². The third-order valence-electron chi connectivity index (χ3n) is 7.43. The van der Waals surface area contributed by atoms with Crippen molar-refractivity contribution in [2.45, 2.75) is 64.5 Å². The molecule has 2 aliphatic rings. The lowest BCUT2D eigenvalue weighted by Crippen LogP contribution is -2.38. The van der Waals surface area contributed by atoms with Gasteiger partial charge in [0.2, 0.25) is 5.91 Å². The smallest absolute Gasteiger partial charge is 0.303 e. The second kappa shape index (κ2) is 11.4. The van der Waals surface area contributed by atoms with Crippen LogP contribution in [0.3, 0.4) is 0 Å². The number of ether oxygens (including phenoxy) is 1. The number of carbonyl (C=O) groups is 3. The number of ketones is 1. The molecule has 0 aromatic heterocycles. The first-order valence-electron chi connectivity index (χ1n) is 13.7. The molecule has 0 bridgehead atoms. The van der Waals surface area contributed by atoms with Gasteiger partial charge in [-0.1, -0.05) is 54.1 Å². The number of fused-ring (bicyclic) bond motifs is 1. The number of aryl methyl sites for hydroxylation is 1. The number of benzene rings is 3. The number of hydrogen-bond acceptors (Lipinski definition) is 5. The fourth-order valence-electron chi connectivity index (χ4n) is 5.59. The van der Waals surface area contributed by atoms with E-state index in [1.165, 1.54) is 0 Å². The Labute approximate surface area is 234 Å². The number of Topliss-reactive ketones (excluding diaryl/α,β-unsaturated/α-hetero) is 1. The molecular formula is C33H34N2O5. The van der Waals surface area contributed by atoms with Gasteiger partial charge >= 0.3 is 5.97 Å². The molecule has 1 aliphatic heterocycles. The molecule has 1 amide bonds. The second-order valence-electron chi connectivity index (χ2n) is 10.8. The molecule has 0 unspecified atom stereocenters. The standard InChI is InChI=1S/C33H34N2O5/c1-20(2)40-25-14-12-23(13-15-25)33-32-27(18-24(19-29(32)36)22-10-8-21(3)9-11-22)34-26-6-4-5-7-28(26)35(33)30(37)16-17-31(38)39/h4-15,20,24,33-34H,16-19H2,1-3H3,(H,38,39)/t24-,33+/m0/s1. The largest absolute Gasteiger partial charge is 0.491 e. The van der Waals surface area contributed by atoms with E-state index >= 15 is 0 Å². The number of carboxylic acids is 1. The van der Waals surface area contributed by atoms with E-state index in [1.54, 1.807) is 4.90 Å². The van der Waals surface area contributed by atoms with Crippen molar-refractivity contribution in [2.24, 2.45) is 0 Å². The van der Waals surface area contributed by atoms with E-state index < -0.39 is 12.0 Å². The third-order valence-corrected chi connectivity index (χ3v) is 7.43. The topological polar surface area (TPSA) is 95.9 Å². The number of nitrogens with zero attached hydrogens (tertiary/aromatic N) is 1. The predicted molar refractivity (Wildman–Crippen MR) is 155 cm³/mol. The highest BCUT2D eigenvalue weighted by Crippen LogP contribution is 2.47. The van der Waals surface area contributed by atoms with E-state index in [0.29, 0.717) is 35.5 Å². The van der Waals surface area contributed by atoms with Crippen LogP contribution in [0.4, 0.5) is 11.4 Å². The lowest BCUT2D eigenvalue weighted by atomic mass is 9.78. The normalized spacial score (nSPS) is 18.5. The minimum atomic E-state index is -1.05. The molecule has 2 atom stereocenters. The Balaban J connectivity index is 1.65. The summed E-state index contributed by atoms with van der Waals surface area (Å²) in [6.45, 7) is 5.94. The molecule has 0 radical (unpaired) electrons. The number of nitrogens with one attached hydrogen (secondary N) is 1. The number of carbonyl (C=O) groups excluding carboxylic acids is 2. The van der Waals surface area contributed by atoms with Crippen LogP contribution in [0.15, 0.2) is 84.1 Å². The van der Waals surface area contributed by atoms with Gasteiger partial charge in [-0.2, -0.15) is 0 Å². The lowest BCUT2D eigenvalue weighted by molar-refractivity contribution is -0.138. The van der Waals surface area contributed by atoms with Crippen LogP contribution in [-0.4, -0.2) is 28.9 Å². The van der Waals surface area contributed by atoms with Crippen LogP contribution in [-0.2, 0) is 14.4 Å². The van der Waals surface area contributed by atoms with Crippen molar-refractivity contribution in [3.63, 3.8) is 0 Å². The molecule has 0 fully saturated rings. The molecular weight excluding hydrogens is 504 g/mol. The van der Waals surface area contributed by atoms with Crippen molar-refractivity contribution in [1.82, 2.24) is 0 Å². The van der Waals surface area contributed by atoms with Gasteiger partial charge in [-0.25, -0.2) is 0 Å². The van der Waals surface area contributed by atoms with Crippen LogP contribution in [0, 0.1) is 6.92 Å². The maximum absolute atomic E-state index is 14.1. The number of hydrogen-bond donors (Lipinski definition) is 2. The highest BCUT2D eigenvalue weighted by Gasteiger charge is 2.41. The average molecular weight is 539 g/mol. The molecule has 0 spiro atoms. The van der Waals surface area contributed by atoms with E-state index in [1.807, 2.05) is 69.3 Å². The third kappa shape index (κ3) is 5.64. The van der Waals surface area contributed by atoms with Gasteiger partial charge in [0.25, 0.3) is 0 Å². The van der Waals surface area contributed by atoms with Gasteiger partial charge < -0.3 is 15.2 Å². The Bertz CT molecular complexity index is 1460. The van der Waals surface area contributed by atoms with Crippen LogP contribution in [0.2, 0.25) is 0 Å². The van der Waals surface area contributed by atoms with Gasteiger partial charge in [-0.3, -0.25) is 19.3 Å². The summed E-state index contributed by atoms with van der Waals surface area (Å²) < 4.78 is 5.84. The number of amides is 1. The van der Waals surface area contributed by atoms with Crippen molar-refractivity contribution < 1.29 is 24.2 Å². The predicted octanol–water partition coefficient (Wildman–Crippen LogP) is 6.55. The van der Waals surface area contributed by atoms with Gasteiger partial charge in [0.15, 0.2) is 5.78 Å². The van der Waals surface area contributed by atoms with Gasteiger partial charge in [-0.15, -0.1) is 0 Å². The highest BCUT2D eigenvalue weighted by atomic mass is 16.5. The van der Waals surface area contributed by atoms with Crippen LogP contribution >= 0.6 is 0 Å². The lowest BCUT2D eigenvalue weighted by Gasteiger charge is -2.35. The van der Waals surface area contributed by atoms with E-state index in [9.17, 15) is 19.5 Å². The molecule has 7 nitrogen and oxygen atoms in total. The number of aliphatic carboxylic acids is 1. The summed E-state index contributed by atoms with van der Waals surface area (Å²) in [5, 5.41) is 12.8. The van der Waals surface area contributed by atoms with Crippen molar-refractivity contribution in [3.8, 4) is 5.75 Å². The molecule has 0 saturated carbocycles. The number of rotatable bonds is 7. The molecule has 7 heteroatoms. The molecule has 40 heavy (non-hydrogen) atoms. The monoisotopic (exact) mass is 538 g/mol. The Morgan fingerprint density at radius 2 is 1.62 bits per heavy atom. The number of carboxylic acid groups (broad SMARTS) is 1. The molecule has 3 aromatic carbocycles. The summed E-state index contributed by atoms with van der Waals surface area (Å²) in [6.07, 6.45) is 0.455. The number of allylic oxidation sites excluding steroid dienone is 1. The van der Waals surface area contributed by atoms with Crippen LogP contribution < -0.4 is 15.0 Å². The molecule has 2 N–H and O–H groups in total. The zero-order valence-electron chi connectivity index (χ0n) is 23.0. The zero-order chi connectivity index (χ0) is 28.4. The first-order chi connectivity index (χ1) is 19.2. The molecule has 0 saturated heterocycles. The van der Waals surface area contributed by atoms with E-state index in [2.05, 4.69) is 29.6 Å². The summed E-state index contributed by atoms with van der Waals surface area (Å²) in [7, 11) is 0. The summed E-state index contributed by atoms with van der Waals surface area (Å²) in [4.78, 5) is 40.8. The Morgan fingerprint density at radius 1 is 0.950 bits per heavy atom. The minimum Gasteiger partial charge on any atom is -0.491 e. The zero-order valence-corrected chi connectivity index (χ0v) is 23.0. The average Bonchev–Trinajstić information content (AvgIpc) is 3.07. The maximum atomic E-state index is 14.1. The van der Waals surface area contributed by atoms with Gasteiger partial charge in [0, 0.05) is 24.1 Å².